The molecule has 52 heavy (non-hydrogen) atoms. The Morgan fingerprint density at radius 2 is 1.42 bits per heavy atom. The highest BCUT2D eigenvalue weighted by Crippen LogP contribution is 2.63. The van der Waals surface area contributed by atoms with Crippen molar-refractivity contribution in [3.8, 4) is 0 Å². The third-order valence-corrected chi connectivity index (χ3v) is 17.5. The minimum atomic E-state index is 0.499. The number of hydrogen-bond acceptors (Lipinski definition) is 4. The molecule has 0 aromatic heterocycles. The molecule has 9 aliphatic rings. The van der Waals surface area contributed by atoms with E-state index in [2.05, 4.69) is 101 Å². The van der Waals surface area contributed by atoms with Crippen molar-refractivity contribution in [3.63, 3.8) is 0 Å². The van der Waals surface area contributed by atoms with Gasteiger partial charge in [-0.25, -0.2) is 4.99 Å². The van der Waals surface area contributed by atoms with Crippen LogP contribution < -0.4 is 10.4 Å². The summed E-state index contributed by atoms with van der Waals surface area (Å²) in [5.41, 5.74) is 3.19. The number of hydrogen-bond donors (Lipinski definition) is 0. The van der Waals surface area contributed by atoms with Gasteiger partial charge in [-0.1, -0.05) is 112 Å². The van der Waals surface area contributed by atoms with Crippen molar-refractivity contribution in [2.24, 2.45) is 40.5 Å². The van der Waals surface area contributed by atoms with Crippen LogP contribution in [0.15, 0.2) is 77.8 Å². The molecular weight excluding hydrogens is 631 g/mol. The molecule has 3 aromatic rings. The first-order chi connectivity index (χ1) is 25.6. The van der Waals surface area contributed by atoms with Gasteiger partial charge in [0.25, 0.3) is 0 Å². The van der Waals surface area contributed by atoms with Crippen molar-refractivity contribution in [2.45, 2.75) is 151 Å². The van der Waals surface area contributed by atoms with Gasteiger partial charge in [-0.05, 0) is 115 Å². The summed E-state index contributed by atoms with van der Waals surface area (Å²) in [6.45, 7) is 5.72. The predicted octanol–water partition coefficient (Wildman–Crippen LogP) is 9.26. The van der Waals surface area contributed by atoms with Gasteiger partial charge in [0.1, 0.15) is 0 Å². The molecule has 0 spiro atoms. The molecule has 3 saturated heterocycles. The second kappa shape index (κ2) is 11.8. The second-order valence-corrected chi connectivity index (χ2v) is 19.7. The van der Waals surface area contributed by atoms with E-state index in [0.717, 1.165) is 29.6 Å². The minimum absolute atomic E-state index is 0.499. The molecule has 4 heterocycles. The highest BCUT2D eigenvalue weighted by Gasteiger charge is 2.67. The molecule has 15 unspecified atom stereocenters. The van der Waals surface area contributed by atoms with Gasteiger partial charge in [0.15, 0.2) is 12.7 Å². The molecule has 15 atom stereocenters. The largest absolute Gasteiger partial charge is 0.365 e. The van der Waals surface area contributed by atoms with Gasteiger partial charge in [-0.15, -0.1) is 0 Å². The first-order valence-electron chi connectivity index (χ1n) is 22.1. The molecule has 0 amide bonds. The summed E-state index contributed by atoms with van der Waals surface area (Å²) in [5, 5.41) is 2.98. The fourth-order valence-electron chi connectivity index (χ4n) is 16.1. The molecule has 8 fully saturated rings. The van der Waals surface area contributed by atoms with Crippen molar-refractivity contribution < 1.29 is 0 Å². The number of aliphatic imine (C=N–C) groups is 1. The molecule has 0 radical (unpaired) electrons. The maximum Gasteiger partial charge on any atom is 0.198 e. The standard InChI is InChI=1S/C47H59BN4/c1-28-24-29(2)45-43(25-28)51-40-21-11-14-31-22-23-37-46(44(31)40)52(47(51)49-45)42-26-35-34-18-8-9-20-39(34)50(32-15-4-3-5-16-32)41(35)27-38(42)48(37)36-19-10-13-30-12-6-7-17-33(30)36/h3-7,10,12-13,15-17,19,28-29,31,34-35,37-46H,8-9,11,14,18,20-27H2,1-2H3. The average molecular weight is 691 g/mol. The maximum absolute atomic E-state index is 6.03. The zero-order valence-electron chi connectivity index (χ0n) is 31.6. The molecule has 5 aliphatic carbocycles. The van der Waals surface area contributed by atoms with Crippen molar-refractivity contribution in [1.82, 2.24) is 9.80 Å². The Labute approximate surface area is 312 Å². The van der Waals surface area contributed by atoms with Crippen molar-refractivity contribution in [1.29, 1.82) is 0 Å². The van der Waals surface area contributed by atoms with Crippen molar-refractivity contribution in [3.05, 3.63) is 72.8 Å². The Bertz CT molecular complexity index is 1870. The number of benzene rings is 3. The third kappa shape index (κ3) is 4.32. The molecule has 0 bridgehead atoms. The van der Waals surface area contributed by atoms with Crippen molar-refractivity contribution in [2.75, 3.05) is 4.90 Å². The van der Waals surface area contributed by atoms with Crippen LogP contribution in [0.1, 0.15) is 97.3 Å². The van der Waals surface area contributed by atoms with E-state index in [1.807, 2.05) is 0 Å². The van der Waals surface area contributed by atoms with E-state index < -0.39 is 0 Å². The van der Waals surface area contributed by atoms with Crippen LogP contribution in [0.2, 0.25) is 11.6 Å². The summed E-state index contributed by atoms with van der Waals surface area (Å²) in [6, 6.07) is 33.0. The minimum Gasteiger partial charge on any atom is -0.365 e. The topological polar surface area (TPSA) is 22.1 Å². The third-order valence-electron chi connectivity index (χ3n) is 17.5. The SMILES string of the molecule is CC1CC(C)C2N=C3N(C2C1)C1CCCC2CCC4B(c5cccc6ccccc56)C5CC6C(CC5N3C4C21)C1CCCCC1N6c1ccccc1. The number of fused-ring (bicyclic) bond motifs is 11. The summed E-state index contributed by atoms with van der Waals surface area (Å²) in [6.07, 6.45) is 18.2. The van der Waals surface area contributed by atoms with Crippen molar-refractivity contribution >= 4 is 34.6 Å². The molecule has 4 nitrogen and oxygen atoms in total. The zero-order chi connectivity index (χ0) is 34.2. The van der Waals surface area contributed by atoms with Crippen LogP contribution in [0, 0.1) is 35.5 Å². The van der Waals surface area contributed by atoms with E-state index in [0.29, 0.717) is 66.6 Å². The molecule has 12 rings (SSSR count). The lowest BCUT2D eigenvalue weighted by Gasteiger charge is -2.68. The smallest absolute Gasteiger partial charge is 0.198 e. The molecule has 5 saturated carbocycles. The van der Waals surface area contributed by atoms with Crippen LogP contribution >= 0.6 is 0 Å². The normalized spacial score (nSPS) is 44.3. The quantitative estimate of drug-likeness (QED) is 0.251. The molecule has 270 valence electrons. The molecule has 4 aliphatic heterocycles. The highest BCUT2D eigenvalue weighted by atomic mass is 15.5. The Kier molecular flexibility index (Phi) is 7.11. The second-order valence-electron chi connectivity index (χ2n) is 19.7. The lowest BCUT2D eigenvalue weighted by Crippen LogP contribution is -2.77. The number of guanidine groups is 1. The highest BCUT2D eigenvalue weighted by molar-refractivity contribution is 6.78. The van der Waals surface area contributed by atoms with E-state index in [9.17, 15) is 0 Å². The Hall–Kier alpha value is -2.95. The summed E-state index contributed by atoms with van der Waals surface area (Å²) >= 11 is 0. The molecule has 0 N–H and O–H groups in total. The van der Waals surface area contributed by atoms with Crippen LogP contribution in [0.5, 0.6) is 0 Å². The van der Waals surface area contributed by atoms with E-state index in [1.54, 1.807) is 5.46 Å². The predicted molar refractivity (Wildman–Crippen MR) is 216 cm³/mol. The van der Waals surface area contributed by atoms with Crippen LogP contribution in [0.3, 0.4) is 0 Å². The van der Waals surface area contributed by atoms with Gasteiger partial charge in [-0.3, -0.25) is 0 Å². The van der Waals surface area contributed by atoms with Gasteiger partial charge in [0.05, 0.1) is 12.1 Å². The first kappa shape index (κ1) is 31.4. The molecule has 3 aromatic carbocycles. The first-order valence-corrected chi connectivity index (χ1v) is 22.1. The number of anilines is 1. The van der Waals surface area contributed by atoms with Gasteiger partial charge >= 0.3 is 0 Å². The summed E-state index contributed by atoms with van der Waals surface area (Å²) in [4.78, 5) is 15.3. The van der Waals surface area contributed by atoms with Crippen LogP contribution in [-0.4, -0.2) is 64.8 Å². The maximum atomic E-state index is 6.03. The Morgan fingerprint density at radius 1 is 0.596 bits per heavy atom. The lowest BCUT2D eigenvalue weighted by molar-refractivity contribution is -0.0623. The van der Waals surface area contributed by atoms with Gasteiger partial charge < -0.3 is 14.7 Å². The fraction of sp³-hybridized carbons (Fsp3) is 0.638. The van der Waals surface area contributed by atoms with Gasteiger partial charge in [-0.2, -0.15) is 0 Å². The zero-order valence-corrected chi connectivity index (χ0v) is 31.6. The Balaban J connectivity index is 1.05. The monoisotopic (exact) mass is 690 g/mol. The fourth-order valence-corrected chi connectivity index (χ4v) is 16.1. The van der Waals surface area contributed by atoms with Crippen LogP contribution in [0.25, 0.3) is 10.8 Å². The summed E-state index contributed by atoms with van der Waals surface area (Å²) in [5.74, 6) is 7.71. The van der Waals surface area contributed by atoms with Crippen LogP contribution in [0.4, 0.5) is 5.69 Å². The number of para-hydroxylation sites is 1. The number of rotatable bonds is 2. The average Bonchev–Trinajstić information content (AvgIpc) is 3.72. The molecular formula is C47H59BN4. The van der Waals surface area contributed by atoms with E-state index in [-0.39, 0.29) is 0 Å². The lowest BCUT2D eigenvalue weighted by atomic mass is 9.22. The summed E-state index contributed by atoms with van der Waals surface area (Å²) in [7, 11) is 0. The Morgan fingerprint density at radius 3 is 2.35 bits per heavy atom. The van der Waals surface area contributed by atoms with Gasteiger partial charge in [0, 0.05) is 41.8 Å². The summed E-state index contributed by atoms with van der Waals surface area (Å²) < 4.78 is 0. The molecule has 5 heteroatoms. The van der Waals surface area contributed by atoms with E-state index >= 15 is 0 Å². The van der Waals surface area contributed by atoms with E-state index in [4.69, 9.17) is 4.99 Å². The number of nitrogens with zero attached hydrogens (tertiary/aromatic N) is 4. The van der Waals surface area contributed by atoms with Gasteiger partial charge in [0.2, 0.25) is 0 Å². The van der Waals surface area contributed by atoms with E-state index in [1.165, 1.54) is 106 Å². The van der Waals surface area contributed by atoms with Crippen LogP contribution in [-0.2, 0) is 0 Å².